The molecule has 5 rings (SSSR count). The summed E-state index contributed by atoms with van der Waals surface area (Å²) >= 11 is 0. The number of hydrogen-bond donors (Lipinski definition) is 3. The molecule has 26 heavy (non-hydrogen) atoms. The third-order valence-corrected chi connectivity index (χ3v) is 7.09. The Morgan fingerprint density at radius 2 is 2.19 bits per heavy atom. The van der Waals surface area contributed by atoms with Crippen molar-refractivity contribution in [3.8, 4) is 5.75 Å². The molecule has 3 heterocycles. The summed E-state index contributed by atoms with van der Waals surface area (Å²) < 4.78 is 32.7. The molecule has 0 atom stereocenters. The summed E-state index contributed by atoms with van der Waals surface area (Å²) in [5, 5.41) is 11.0. The zero-order valence-electron chi connectivity index (χ0n) is 14.2. The third kappa shape index (κ3) is 2.93. The van der Waals surface area contributed by atoms with E-state index in [4.69, 9.17) is 4.65 Å². The number of allylic oxidation sites excluding steroid dienone is 1. The molecule has 0 aromatic carbocycles. The molecule has 0 saturated heterocycles. The second kappa shape index (κ2) is 5.83. The highest BCUT2D eigenvalue weighted by atomic mass is 32.2. The van der Waals surface area contributed by atoms with Crippen molar-refractivity contribution < 1.29 is 18.1 Å². The van der Waals surface area contributed by atoms with Gasteiger partial charge >= 0.3 is 7.12 Å². The molecule has 136 valence electrons. The number of nitrogens with one attached hydrogen (secondary N) is 2. The summed E-state index contributed by atoms with van der Waals surface area (Å²) in [5.74, 6) is 3.09. The van der Waals surface area contributed by atoms with Gasteiger partial charge in [-0.15, -0.1) is 0 Å². The smallest absolute Gasteiger partial charge is 0.531 e. The largest absolute Gasteiger partial charge is 0.552 e. The molecule has 2 aliphatic carbocycles. The number of fused-ring (bicyclic) bond motifs is 3. The van der Waals surface area contributed by atoms with Gasteiger partial charge in [0, 0.05) is 23.2 Å². The number of sulfonamides is 1. The van der Waals surface area contributed by atoms with E-state index in [1.807, 2.05) is 12.3 Å². The van der Waals surface area contributed by atoms with Gasteiger partial charge in [-0.3, -0.25) is 0 Å². The van der Waals surface area contributed by atoms with Crippen molar-refractivity contribution in [2.45, 2.75) is 31.7 Å². The van der Waals surface area contributed by atoms with E-state index >= 15 is 0 Å². The Bertz CT molecular complexity index is 993. The van der Waals surface area contributed by atoms with Crippen molar-refractivity contribution in [3.63, 3.8) is 0 Å². The van der Waals surface area contributed by atoms with Gasteiger partial charge in [-0.05, 0) is 55.1 Å². The minimum Gasteiger partial charge on any atom is -0.531 e. The van der Waals surface area contributed by atoms with Crippen molar-refractivity contribution in [1.29, 1.82) is 0 Å². The number of nitrogens with zero attached hydrogens (tertiary/aromatic N) is 1. The van der Waals surface area contributed by atoms with Gasteiger partial charge in [0.15, 0.2) is 0 Å². The third-order valence-electron chi connectivity index (χ3n) is 5.49. The fourth-order valence-electron chi connectivity index (χ4n) is 3.98. The molecule has 3 aliphatic rings. The van der Waals surface area contributed by atoms with Crippen LogP contribution in [-0.4, -0.2) is 42.3 Å². The predicted octanol–water partition coefficient (Wildman–Crippen LogP) is 1.47. The molecular weight excluding hydrogens is 353 g/mol. The van der Waals surface area contributed by atoms with Crippen LogP contribution in [0.1, 0.15) is 31.2 Å². The maximum absolute atomic E-state index is 12.2. The number of pyridine rings is 1. The minimum absolute atomic E-state index is 0.0309. The van der Waals surface area contributed by atoms with Crippen molar-refractivity contribution in [2.24, 2.45) is 11.8 Å². The van der Waals surface area contributed by atoms with Crippen LogP contribution < -0.4 is 9.38 Å². The molecular formula is C17H20BN3O4S. The summed E-state index contributed by atoms with van der Waals surface area (Å²) in [6.07, 6.45) is 6.97. The first-order chi connectivity index (χ1) is 12.5. The van der Waals surface area contributed by atoms with E-state index in [0.29, 0.717) is 11.7 Å². The normalized spacial score (nSPS) is 25.4. The van der Waals surface area contributed by atoms with Crippen LogP contribution in [0.15, 0.2) is 24.4 Å². The lowest BCUT2D eigenvalue weighted by Crippen LogP contribution is -2.46. The van der Waals surface area contributed by atoms with Gasteiger partial charge in [-0.1, -0.05) is 0 Å². The summed E-state index contributed by atoms with van der Waals surface area (Å²) in [4.78, 5) is 7.41. The molecule has 9 heteroatoms. The van der Waals surface area contributed by atoms with Crippen LogP contribution in [0.25, 0.3) is 16.6 Å². The number of aromatic nitrogens is 2. The van der Waals surface area contributed by atoms with Gasteiger partial charge in [-0.25, -0.2) is 18.1 Å². The van der Waals surface area contributed by atoms with E-state index in [1.165, 1.54) is 0 Å². The zero-order valence-corrected chi connectivity index (χ0v) is 15.0. The summed E-state index contributed by atoms with van der Waals surface area (Å²) in [7, 11) is -4.19. The Morgan fingerprint density at radius 1 is 1.38 bits per heavy atom. The summed E-state index contributed by atoms with van der Waals surface area (Å²) in [6, 6.07) is 1.92. The molecule has 3 N–H and O–H groups in total. The van der Waals surface area contributed by atoms with Crippen LogP contribution in [0.2, 0.25) is 0 Å². The minimum atomic E-state index is -3.19. The van der Waals surface area contributed by atoms with Gasteiger partial charge in [0.2, 0.25) is 10.0 Å². The first kappa shape index (κ1) is 16.3. The Kier molecular flexibility index (Phi) is 3.67. The van der Waals surface area contributed by atoms with Crippen LogP contribution in [0.3, 0.4) is 0 Å². The van der Waals surface area contributed by atoms with Crippen LogP contribution in [0.5, 0.6) is 5.75 Å². The molecule has 0 amide bonds. The number of rotatable bonds is 5. The molecule has 2 fully saturated rings. The number of hydrogen-bond acceptors (Lipinski definition) is 5. The second-order valence-corrected chi connectivity index (χ2v) is 9.37. The van der Waals surface area contributed by atoms with Gasteiger partial charge in [0.25, 0.3) is 0 Å². The highest BCUT2D eigenvalue weighted by Gasteiger charge is 2.39. The maximum Gasteiger partial charge on any atom is 0.552 e. The van der Waals surface area contributed by atoms with E-state index in [9.17, 15) is 13.4 Å². The first-order valence-corrected chi connectivity index (χ1v) is 10.7. The molecule has 2 aromatic rings. The van der Waals surface area contributed by atoms with Crippen molar-refractivity contribution in [2.75, 3.05) is 5.75 Å². The first-order valence-electron chi connectivity index (χ1n) is 9.01. The van der Waals surface area contributed by atoms with Crippen molar-refractivity contribution in [3.05, 3.63) is 30.0 Å². The monoisotopic (exact) mass is 373 g/mol. The van der Waals surface area contributed by atoms with Gasteiger partial charge < -0.3 is 14.7 Å². The number of H-pyrrole nitrogens is 1. The lowest BCUT2D eigenvalue weighted by molar-refractivity contribution is 0.308. The highest BCUT2D eigenvalue weighted by molar-refractivity contribution is 7.89. The van der Waals surface area contributed by atoms with E-state index in [1.54, 1.807) is 12.2 Å². The molecule has 0 radical (unpaired) electrons. The summed E-state index contributed by atoms with van der Waals surface area (Å²) in [5.41, 5.74) is 2.74. The molecule has 0 spiro atoms. The lowest BCUT2D eigenvalue weighted by Gasteiger charge is -2.39. The fourth-order valence-corrected chi connectivity index (χ4v) is 5.73. The van der Waals surface area contributed by atoms with Crippen molar-refractivity contribution in [1.82, 2.24) is 14.7 Å². The van der Waals surface area contributed by atoms with Gasteiger partial charge in [-0.2, -0.15) is 0 Å². The SMILES string of the molecule is O=S(=O)(CC1CC1)N[C@H]1C[C@@H](C2=CB(O)Oc3cnc4[nH]ccc4c32)C1. The molecule has 0 unspecified atom stereocenters. The van der Waals surface area contributed by atoms with Gasteiger partial charge in [0.05, 0.1) is 11.9 Å². The zero-order chi connectivity index (χ0) is 17.9. The standard InChI is InChI=1S/C17H20BN3O4S/c22-18-7-14(16-13-3-4-19-17(13)20-8-15(16)25-18)11-5-12(6-11)21-26(23,24)9-10-1-2-10/h3-4,7-8,10-12,21-22H,1-2,5-6,9H2,(H,19,20)/t11-,12+. The Morgan fingerprint density at radius 3 is 2.96 bits per heavy atom. The van der Waals surface area contributed by atoms with Crippen LogP contribution in [0, 0.1) is 11.8 Å². The summed E-state index contributed by atoms with van der Waals surface area (Å²) in [6.45, 7) is 0. The van der Waals surface area contributed by atoms with E-state index in [0.717, 1.165) is 47.9 Å². The lowest BCUT2D eigenvalue weighted by atomic mass is 9.68. The highest BCUT2D eigenvalue weighted by Crippen LogP contribution is 2.46. The molecule has 2 saturated carbocycles. The number of aromatic amines is 1. The molecule has 2 aromatic heterocycles. The maximum atomic E-state index is 12.2. The van der Waals surface area contributed by atoms with Gasteiger partial charge in [0.1, 0.15) is 11.4 Å². The Hall–Kier alpha value is -1.84. The second-order valence-electron chi connectivity index (χ2n) is 7.58. The topological polar surface area (TPSA) is 104 Å². The molecule has 0 bridgehead atoms. The Labute approximate surface area is 152 Å². The van der Waals surface area contributed by atoms with Crippen LogP contribution in [0.4, 0.5) is 0 Å². The van der Waals surface area contributed by atoms with E-state index < -0.39 is 17.1 Å². The van der Waals surface area contributed by atoms with Crippen LogP contribution in [-0.2, 0) is 10.0 Å². The average Bonchev–Trinajstić information content (AvgIpc) is 3.21. The van der Waals surface area contributed by atoms with Crippen molar-refractivity contribution >= 4 is 33.7 Å². The fraction of sp³-hybridized carbons (Fsp3) is 0.471. The van der Waals surface area contributed by atoms with E-state index in [2.05, 4.69) is 14.7 Å². The molecule has 1 aliphatic heterocycles. The predicted molar refractivity (Wildman–Crippen MR) is 98.8 cm³/mol. The Balaban J connectivity index is 1.36. The van der Waals surface area contributed by atoms with E-state index in [-0.39, 0.29) is 17.7 Å². The van der Waals surface area contributed by atoms with Crippen LogP contribution >= 0.6 is 0 Å². The average molecular weight is 373 g/mol. The quantitative estimate of drug-likeness (QED) is 0.689. The molecule has 7 nitrogen and oxygen atoms in total.